The van der Waals surface area contributed by atoms with Gasteiger partial charge in [-0.1, -0.05) is 30.3 Å². The molecule has 1 rings (SSSR count). The van der Waals surface area contributed by atoms with Crippen molar-refractivity contribution in [1.29, 1.82) is 0 Å². The molecule has 0 aliphatic heterocycles. The highest BCUT2D eigenvalue weighted by Gasteiger charge is 2.11. The molecule has 0 unspecified atom stereocenters. The molecule has 0 fully saturated rings. The van der Waals surface area contributed by atoms with E-state index in [-0.39, 0.29) is 5.91 Å². The van der Waals surface area contributed by atoms with Crippen molar-refractivity contribution in [3.8, 4) is 0 Å². The Bertz CT molecular complexity index is 316. The van der Waals surface area contributed by atoms with Gasteiger partial charge < -0.3 is 11.1 Å². The summed E-state index contributed by atoms with van der Waals surface area (Å²) in [7, 11) is 0. The zero-order valence-electron chi connectivity index (χ0n) is 9.48. The number of nitrogens with one attached hydrogen (secondary N) is 1. The summed E-state index contributed by atoms with van der Waals surface area (Å²) in [6, 6.07) is 9.43. The lowest BCUT2D eigenvalue weighted by Gasteiger charge is -2.11. The Hall–Kier alpha value is -1.00. The molecule has 88 valence electrons. The van der Waals surface area contributed by atoms with Crippen LogP contribution in [0.5, 0.6) is 0 Å². The SMILES string of the molecule is CSCC[C@@H](N)C(=O)NCc1ccccc1. The van der Waals surface area contributed by atoms with Gasteiger partial charge in [-0.15, -0.1) is 0 Å². The standard InChI is InChI=1S/C12H18N2OS/c1-16-8-7-11(13)12(15)14-9-10-5-3-2-4-6-10/h2-6,11H,7-9,13H2,1H3,(H,14,15)/t11-/m1/s1. The van der Waals surface area contributed by atoms with Crippen molar-refractivity contribution in [2.45, 2.75) is 19.0 Å². The lowest BCUT2D eigenvalue weighted by atomic mass is 10.2. The maximum absolute atomic E-state index is 11.6. The largest absolute Gasteiger partial charge is 0.351 e. The van der Waals surface area contributed by atoms with Gasteiger partial charge in [0.25, 0.3) is 0 Å². The first-order valence-corrected chi connectivity index (χ1v) is 6.69. The topological polar surface area (TPSA) is 55.1 Å². The average molecular weight is 238 g/mol. The van der Waals surface area contributed by atoms with E-state index in [1.165, 1.54) is 0 Å². The molecule has 3 nitrogen and oxygen atoms in total. The van der Waals surface area contributed by atoms with E-state index in [0.717, 1.165) is 17.7 Å². The van der Waals surface area contributed by atoms with Gasteiger partial charge in [-0.2, -0.15) is 11.8 Å². The predicted molar refractivity (Wildman–Crippen MR) is 69.3 cm³/mol. The van der Waals surface area contributed by atoms with E-state index in [2.05, 4.69) is 5.32 Å². The van der Waals surface area contributed by atoms with Crippen LogP contribution in [0.1, 0.15) is 12.0 Å². The monoisotopic (exact) mass is 238 g/mol. The summed E-state index contributed by atoms with van der Waals surface area (Å²) in [4.78, 5) is 11.6. The average Bonchev–Trinajstić information content (AvgIpc) is 2.34. The van der Waals surface area contributed by atoms with Crippen LogP contribution >= 0.6 is 11.8 Å². The van der Waals surface area contributed by atoms with Gasteiger partial charge in [-0.05, 0) is 24.0 Å². The maximum atomic E-state index is 11.6. The van der Waals surface area contributed by atoms with Crippen LogP contribution in [0, 0.1) is 0 Å². The molecule has 0 saturated carbocycles. The van der Waals surface area contributed by atoms with E-state index in [9.17, 15) is 4.79 Å². The normalized spacial score (nSPS) is 12.1. The minimum absolute atomic E-state index is 0.0714. The molecule has 0 aromatic heterocycles. The van der Waals surface area contributed by atoms with Crippen LogP contribution in [0.3, 0.4) is 0 Å². The molecule has 0 bridgehead atoms. The molecule has 0 aliphatic carbocycles. The molecule has 1 aromatic rings. The van der Waals surface area contributed by atoms with Gasteiger partial charge in [-0.3, -0.25) is 4.79 Å². The van der Waals surface area contributed by atoms with Gasteiger partial charge in [0.15, 0.2) is 0 Å². The Morgan fingerprint density at radius 3 is 2.75 bits per heavy atom. The Balaban J connectivity index is 2.29. The van der Waals surface area contributed by atoms with E-state index in [4.69, 9.17) is 5.73 Å². The van der Waals surface area contributed by atoms with E-state index in [1.54, 1.807) is 11.8 Å². The van der Waals surface area contributed by atoms with Crippen LogP contribution in [0.25, 0.3) is 0 Å². The van der Waals surface area contributed by atoms with Gasteiger partial charge in [0, 0.05) is 6.54 Å². The number of carbonyl (C=O) groups excluding carboxylic acids is 1. The fourth-order valence-corrected chi connectivity index (χ4v) is 1.78. The number of amides is 1. The number of hydrogen-bond donors (Lipinski definition) is 2. The molecule has 0 spiro atoms. The summed E-state index contributed by atoms with van der Waals surface area (Å²) in [5, 5.41) is 2.83. The van der Waals surface area contributed by atoms with Crippen molar-refractivity contribution >= 4 is 17.7 Å². The van der Waals surface area contributed by atoms with Gasteiger partial charge in [0.1, 0.15) is 0 Å². The Morgan fingerprint density at radius 1 is 1.44 bits per heavy atom. The van der Waals surface area contributed by atoms with Gasteiger partial charge >= 0.3 is 0 Å². The molecule has 4 heteroatoms. The minimum atomic E-state index is -0.392. The summed E-state index contributed by atoms with van der Waals surface area (Å²) in [5.41, 5.74) is 6.83. The third-order valence-corrected chi connectivity index (χ3v) is 2.92. The molecule has 16 heavy (non-hydrogen) atoms. The van der Waals surface area contributed by atoms with E-state index in [0.29, 0.717) is 6.54 Å². The quantitative estimate of drug-likeness (QED) is 0.787. The number of hydrogen-bond acceptors (Lipinski definition) is 3. The zero-order chi connectivity index (χ0) is 11.8. The Kier molecular flexibility index (Phi) is 5.96. The van der Waals surface area contributed by atoms with E-state index in [1.807, 2.05) is 36.6 Å². The number of nitrogens with two attached hydrogens (primary N) is 1. The molecule has 1 amide bonds. The molecule has 0 radical (unpaired) electrons. The predicted octanol–water partition coefficient (Wildman–Crippen LogP) is 1.38. The fraction of sp³-hybridized carbons (Fsp3) is 0.417. The van der Waals surface area contributed by atoms with Crippen molar-refractivity contribution in [3.63, 3.8) is 0 Å². The van der Waals surface area contributed by atoms with E-state index >= 15 is 0 Å². The molecule has 3 N–H and O–H groups in total. The van der Waals surface area contributed by atoms with Crippen molar-refractivity contribution in [1.82, 2.24) is 5.32 Å². The van der Waals surface area contributed by atoms with Crippen LogP contribution in [-0.2, 0) is 11.3 Å². The van der Waals surface area contributed by atoms with Crippen LogP contribution in [0.2, 0.25) is 0 Å². The lowest BCUT2D eigenvalue weighted by molar-refractivity contribution is -0.122. The second-order valence-electron chi connectivity index (χ2n) is 3.59. The second kappa shape index (κ2) is 7.30. The molecular weight excluding hydrogens is 220 g/mol. The third kappa shape index (κ3) is 4.68. The van der Waals surface area contributed by atoms with Crippen molar-refractivity contribution in [2.75, 3.05) is 12.0 Å². The fourth-order valence-electron chi connectivity index (χ4n) is 1.29. The number of thioether (sulfide) groups is 1. The van der Waals surface area contributed by atoms with Gasteiger partial charge in [-0.25, -0.2) is 0 Å². The summed E-state index contributed by atoms with van der Waals surface area (Å²) >= 11 is 1.70. The van der Waals surface area contributed by atoms with Gasteiger partial charge in [0.05, 0.1) is 6.04 Å². The first-order valence-electron chi connectivity index (χ1n) is 5.30. The van der Waals surface area contributed by atoms with Crippen LogP contribution in [0.15, 0.2) is 30.3 Å². The Labute approximate surface area is 101 Å². The molecular formula is C12H18N2OS. The Morgan fingerprint density at radius 2 is 2.12 bits per heavy atom. The molecule has 0 heterocycles. The summed E-state index contributed by atoms with van der Waals surface area (Å²) in [5.74, 6) is 0.845. The van der Waals surface area contributed by atoms with Crippen molar-refractivity contribution < 1.29 is 4.79 Å². The van der Waals surface area contributed by atoms with Crippen LogP contribution < -0.4 is 11.1 Å². The minimum Gasteiger partial charge on any atom is -0.351 e. The molecule has 1 atom stereocenters. The van der Waals surface area contributed by atoms with E-state index < -0.39 is 6.04 Å². The second-order valence-corrected chi connectivity index (χ2v) is 4.58. The lowest BCUT2D eigenvalue weighted by Crippen LogP contribution is -2.40. The number of rotatable bonds is 6. The summed E-state index contributed by atoms with van der Waals surface area (Å²) in [6.45, 7) is 0.548. The van der Waals surface area contributed by atoms with Crippen LogP contribution in [0.4, 0.5) is 0 Å². The first kappa shape index (κ1) is 13.1. The van der Waals surface area contributed by atoms with Crippen molar-refractivity contribution in [3.05, 3.63) is 35.9 Å². The molecule has 1 aromatic carbocycles. The zero-order valence-corrected chi connectivity index (χ0v) is 10.3. The highest BCUT2D eigenvalue weighted by Crippen LogP contribution is 2.00. The summed E-state index contributed by atoms with van der Waals surface area (Å²) in [6.07, 6.45) is 2.73. The van der Waals surface area contributed by atoms with Crippen molar-refractivity contribution in [2.24, 2.45) is 5.73 Å². The van der Waals surface area contributed by atoms with Gasteiger partial charge in [0.2, 0.25) is 5.91 Å². The first-order chi connectivity index (χ1) is 7.74. The maximum Gasteiger partial charge on any atom is 0.237 e. The molecule has 0 saturated heterocycles. The highest BCUT2D eigenvalue weighted by molar-refractivity contribution is 7.98. The third-order valence-electron chi connectivity index (χ3n) is 2.28. The van der Waals surface area contributed by atoms with Crippen LogP contribution in [-0.4, -0.2) is 24.0 Å². The smallest absolute Gasteiger partial charge is 0.237 e. The highest BCUT2D eigenvalue weighted by atomic mass is 32.2. The number of benzene rings is 1. The summed E-state index contributed by atoms with van der Waals surface area (Å²) < 4.78 is 0. The number of carbonyl (C=O) groups is 1. The molecule has 0 aliphatic rings.